The van der Waals surface area contributed by atoms with Gasteiger partial charge in [0.2, 0.25) is 11.9 Å². The number of imidazole rings is 1. The number of hydrogen-bond donors (Lipinski definition) is 1. The van der Waals surface area contributed by atoms with Crippen LogP contribution in [0.2, 0.25) is 0 Å². The van der Waals surface area contributed by atoms with Gasteiger partial charge in [-0.3, -0.25) is 10.1 Å². The second-order valence-corrected chi connectivity index (χ2v) is 5.76. The molecule has 2 aromatic rings. The number of ether oxygens (including phenoxy) is 1. The van der Waals surface area contributed by atoms with Gasteiger partial charge in [-0.1, -0.05) is 6.07 Å². The van der Waals surface area contributed by atoms with E-state index in [1.807, 2.05) is 29.8 Å². The van der Waals surface area contributed by atoms with Crippen LogP contribution in [0.4, 0.5) is 5.95 Å². The van der Waals surface area contributed by atoms with Crippen LogP contribution in [0, 0.1) is 12.3 Å². The third-order valence-corrected chi connectivity index (χ3v) is 4.15. The van der Waals surface area contributed by atoms with Gasteiger partial charge < -0.3 is 9.30 Å². The van der Waals surface area contributed by atoms with Gasteiger partial charge >= 0.3 is 0 Å². The summed E-state index contributed by atoms with van der Waals surface area (Å²) in [6.07, 6.45) is 7.45. The monoisotopic (exact) mass is 325 g/mol. The maximum absolute atomic E-state index is 12.2. The summed E-state index contributed by atoms with van der Waals surface area (Å²) in [7, 11) is 3.45. The second kappa shape index (κ2) is 6.32. The van der Waals surface area contributed by atoms with Crippen LogP contribution in [-0.4, -0.2) is 28.2 Å². The first-order valence-corrected chi connectivity index (χ1v) is 7.75. The zero-order valence-corrected chi connectivity index (χ0v) is 13.7. The van der Waals surface area contributed by atoms with Crippen molar-refractivity contribution >= 4 is 22.9 Å². The summed E-state index contributed by atoms with van der Waals surface area (Å²) < 4.78 is 7.14. The Labute approximate surface area is 140 Å². The van der Waals surface area contributed by atoms with Gasteiger partial charge in [-0.05, 0) is 12.1 Å². The van der Waals surface area contributed by atoms with Gasteiger partial charge in [0.1, 0.15) is 11.3 Å². The Bertz CT molecular complexity index is 841. The minimum Gasteiger partial charge on any atom is -0.494 e. The van der Waals surface area contributed by atoms with Crippen molar-refractivity contribution in [3.63, 3.8) is 0 Å². The Kier molecular flexibility index (Phi) is 4.21. The molecule has 3 rings (SSSR count). The molecule has 0 fully saturated rings. The van der Waals surface area contributed by atoms with Gasteiger partial charge in [0.05, 0.1) is 12.6 Å². The fraction of sp³-hybridized carbons (Fsp3) is 0.412. The van der Waals surface area contributed by atoms with Gasteiger partial charge in [-0.2, -0.15) is 10.2 Å². The van der Waals surface area contributed by atoms with Crippen LogP contribution in [0.1, 0.15) is 25.7 Å². The molecule has 0 saturated heterocycles. The van der Waals surface area contributed by atoms with Crippen molar-refractivity contribution in [2.24, 2.45) is 17.3 Å². The highest BCUT2D eigenvalue weighted by Crippen LogP contribution is 2.37. The number of anilines is 1. The molecule has 0 spiro atoms. The lowest BCUT2D eigenvalue weighted by Crippen LogP contribution is -2.19. The van der Waals surface area contributed by atoms with Crippen LogP contribution in [0.15, 0.2) is 28.4 Å². The van der Waals surface area contributed by atoms with Crippen molar-refractivity contribution in [2.45, 2.75) is 31.3 Å². The Morgan fingerprint density at radius 1 is 1.42 bits per heavy atom. The summed E-state index contributed by atoms with van der Waals surface area (Å²) in [5, 5.41) is 10.9. The highest BCUT2D eigenvalue weighted by atomic mass is 16.5. The maximum Gasteiger partial charge on any atom is 0.226 e. The van der Waals surface area contributed by atoms with Crippen molar-refractivity contribution < 1.29 is 9.53 Å². The lowest BCUT2D eigenvalue weighted by molar-refractivity contribution is -0.116. The van der Waals surface area contributed by atoms with Crippen LogP contribution in [0.3, 0.4) is 0 Å². The molecule has 0 unspecified atom stereocenters. The smallest absolute Gasteiger partial charge is 0.226 e. The van der Waals surface area contributed by atoms with Gasteiger partial charge in [0.15, 0.2) is 5.66 Å². The number of aryl methyl sites for hydroxylation is 1. The van der Waals surface area contributed by atoms with Crippen molar-refractivity contribution in [1.82, 2.24) is 9.55 Å². The van der Waals surface area contributed by atoms with Crippen LogP contribution >= 0.6 is 0 Å². The highest BCUT2D eigenvalue weighted by Gasteiger charge is 2.39. The van der Waals surface area contributed by atoms with E-state index >= 15 is 0 Å². The van der Waals surface area contributed by atoms with Crippen molar-refractivity contribution in [3.05, 3.63) is 18.2 Å². The Balaban J connectivity index is 1.66. The number of rotatable bonds is 7. The molecule has 0 aliphatic carbocycles. The van der Waals surface area contributed by atoms with E-state index in [0.717, 1.165) is 11.0 Å². The highest BCUT2D eigenvalue weighted by molar-refractivity contribution is 5.92. The average Bonchev–Trinajstić information content (AvgIpc) is 3.30. The number of carbonyl (C=O) groups is 1. The molecule has 0 radical (unpaired) electrons. The summed E-state index contributed by atoms with van der Waals surface area (Å²) in [6, 6.07) is 5.66. The lowest BCUT2D eigenvalue weighted by atomic mass is 10.0. The summed E-state index contributed by atoms with van der Waals surface area (Å²) >= 11 is 0. The normalized spacial score (nSPS) is 14.4. The van der Waals surface area contributed by atoms with E-state index in [1.165, 1.54) is 0 Å². The third-order valence-electron chi connectivity index (χ3n) is 4.15. The fourth-order valence-corrected chi connectivity index (χ4v) is 2.63. The van der Waals surface area contributed by atoms with Crippen LogP contribution in [0.5, 0.6) is 5.75 Å². The molecule has 0 atom stereocenters. The average molecular weight is 325 g/mol. The molecule has 7 heteroatoms. The third kappa shape index (κ3) is 3.08. The predicted molar refractivity (Wildman–Crippen MR) is 90.8 cm³/mol. The van der Waals surface area contributed by atoms with Crippen LogP contribution in [-0.2, 0) is 11.8 Å². The minimum absolute atomic E-state index is 0.121. The Morgan fingerprint density at radius 2 is 2.21 bits per heavy atom. The zero-order valence-electron chi connectivity index (χ0n) is 13.7. The summed E-state index contributed by atoms with van der Waals surface area (Å²) in [6.45, 7) is 0. The molecule has 1 aliphatic heterocycles. The van der Waals surface area contributed by atoms with Gasteiger partial charge in [0, 0.05) is 32.7 Å². The number of methoxy groups -OCH3 is 1. The number of terminal acetylenes is 1. The molecule has 2 heterocycles. The van der Waals surface area contributed by atoms with Crippen molar-refractivity contribution in [1.29, 1.82) is 0 Å². The van der Waals surface area contributed by atoms with Crippen molar-refractivity contribution in [3.8, 4) is 18.1 Å². The molecular weight excluding hydrogens is 306 g/mol. The molecule has 7 nitrogen and oxygen atoms in total. The topological polar surface area (TPSA) is 80.9 Å². The number of para-hydroxylation sites is 1. The van der Waals surface area contributed by atoms with E-state index in [4.69, 9.17) is 11.2 Å². The number of amides is 1. The number of benzene rings is 1. The fourth-order valence-electron chi connectivity index (χ4n) is 2.63. The quantitative estimate of drug-likeness (QED) is 0.795. The molecule has 0 saturated carbocycles. The molecule has 124 valence electrons. The zero-order chi connectivity index (χ0) is 17.2. The van der Waals surface area contributed by atoms with Crippen LogP contribution in [0.25, 0.3) is 11.0 Å². The first-order valence-electron chi connectivity index (χ1n) is 7.75. The standard InChI is InChI=1S/C17H19N5O2/c1-4-5-10-17(20-21-17)11-9-14(23)18-16-19-15-12(22(16)2)7-6-8-13(15)24-3/h1,6-8H,5,9-11H2,2-3H3,(H,18,19,23). The lowest BCUT2D eigenvalue weighted by Gasteiger charge is -2.09. The predicted octanol–water partition coefficient (Wildman–Crippen LogP) is 2.88. The first kappa shape index (κ1) is 16.0. The van der Waals surface area contributed by atoms with Gasteiger partial charge in [-0.15, -0.1) is 12.3 Å². The molecule has 1 amide bonds. The second-order valence-electron chi connectivity index (χ2n) is 5.76. The number of hydrogen-bond acceptors (Lipinski definition) is 5. The van der Waals surface area contributed by atoms with Gasteiger partial charge in [0.25, 0.3) is 0 Å². The van der Waals surface area contributed by atoms with Crippen molar-refractivity contribution in [2.75, 3.05) is 12.4 Å². The molecule has 1 aromatic heterocycles. The summed E-state index contributed by atoms with van der Waals surface area (Å²) in [5.41, 5.74) is 1.16. The van der Waals surface area contributed by atoms with Gasteiger partial charge in [-0.25, -0.2) is 4.98 Å². The summed E-state index contributed by atoms with van der Waals surface area (Å²) in [4.78, 5) is 16.7. The molecule has 24 heavy (non-hydrogen) atoms. The first-order chi connectivity index (χ1) is 11.6. The molecule has 0 bridgehead atoms. The van der Waals surface area contributed by atoms with E-state index in [1.54, 1.807) is 7.11 Å². The maximum atomic E-state index is 12.2. The summed E-state index contributed by atoms with van der Waals surface area (Å²) in [5.74, 6) is 3.62. The number of fused-ring (bicyclic) bond motifs is 1. The number of nitrogens with zero attached hydrogens (tertiary/aromatic N) is 4. The Hall–Kier alpha value is -2.88. The molecule has 1 N–H and O–H groups in total. The number of aromatic nitrogens is 2. The van der Waals surface area contributed by atoms with E-state index in [9.17, 15) is 4.79 Å². The van der Waals surface area contributed by atoms with E-state index < -0.39 is 5.66 Å². The van der Waals surface area contributed by atoms with E-state index in [-0.39, 0.29) is 5.91 Å². The van der Waals surface area contributed by atoms with E-state index in [0.29, 0.717) is 37.4 Å². The molecule has 1 aliphatic rings. The van der Waals surface area contributed by atoms with Crippen LogP contribution < -0.4 is 10.1 Å². The number of nitrogens with one attached hydrogen (secondary N) is 1. The molecular formula is C17H19N5O2. The number of carbonyl (C=O) groups excluding carboxylic acids is 1. The largest absolute Gasteiger partial charge is 0.494 e. The SMILES string of the molecule is C#CCCC1(CCC(=O)Nc2nc3c(OC)cccc3n2C)N=N1. The minimum atomic E-state index is -0.445. The molecule has 1 aromatic carbocycles. The van der Waals surface area contributed by atoms with E-state index in [2.05, 4.69) is 26.4 Å². The Morgan fingerprint density at radius 3 is 2.88 bits per heavy atom.